The average Bonchev–Trinajstić information content (AvgIpc) is 2.42. The fraction of sp³-hybridized carbons (Fsp3) is 0.833. The second kappa shape index (κ2) is 3.25. The predicted octanol–water partition coefficient (Wildman–Crippen LogP) is 4.40. The molecule has 0 radical (unpaired) electrons. The molecule has 0 N–H and O–H groups in total. The maximum atomic E-state index is 2.57. The van der Waals surface area contributed by atoms with Crippen LogP contribution in [0.5, 0.6) is 0 Å². The zero-order valence-corrected chi connectivity index (χ0v) is 11.5. The van der Waals surface area contributed by atoms with Gasteiger partial charge in [0.25, 0.3) is 0 Å². The standard InChI is InChI=1S/C12H20.HI/c1-9-7-12(11(2,3)4)6-5-10(9)8-12;/h7,10H,5-6,8H2,1-4H3;1H. The number of rotatable bonds is 0. The van der Waals surface area contributed by atoms with Crippen LogP contribution in [-0.2, 0) is 0 Å². The van der Waals surface area contributed by atoms with Gasteiger partial charge >= 0.3 is 0 Å². The first kappa shape index (κ1) is 11.5. The fourth-order valence-electron chi connectivity index (χ4n) is 3.05. The van der Waals surface area contributed by atoms with Crippen LogP contribution in [0.3, 0.4) is 0 Å². The Bertz CT molecular complexity index is 234. The molecule has 0 aromatic carbocycles. The van der Waals surface area contributed by atoms with Gasteiger partial charge in [0.05, 0.1) is 0 Å². The largest absolute Gasteiger partial charge is 0.107 e. The molecule has 0 aromatic rings. The van der Waals surface area contributed by atoms with Crippen LogP contribution in [0.1, 0.15) is 47.0 Å². The second-order valence-corrected chi connectivity index (χ2v) is 5.73. The van der Waals surface area contributed by atoms with Crippen LogP contribution >= 0.6 is 24.0 Å². The zero-order valence-electron chi connectivity index (χ0n) is 9.18. The van der Waals surface area contributed by atoms with E-state index in [1.165, 1.54) is 19.3 Å². The van der Waals surface area contributed by atoms with E-state index in [1.54, 1.807) is 5.57 Å². The summed E-state index contributed by atoms with van der Waals surface area (Å²) >= 11 is 0. The smallest absolute Gasteiger partial charge is 0.00612 e. The molecule has 76 valence electrons. The molecule has 0 nitrogen and oxygen atoms in total. The van der Waals surface area contributed by atoms with Crippen molar-refractivity contribution in [2.24, 2.45) is 16.7 Å². The van der Waals surface area contributed by atoms with Crippen molar-refractivity contribution in [3.63, 3.8) is 0 Å². The van der Waals surface area contributed by atoms with Crippen molar-refractivity contribution in [2.45, 2.75) is 47.0 Å². The van der Waals surface area contributed by atoms with E-state index in [0.29, 0.717) is 10.8 Å². The molecule has 2 aliphatic carbocycles. The molecule has 1 heteroatoms. The summed E-state index contributed by atoms with van der Waals surface area (Å²) in [5.74, 6) is 0.934. The van der Waals surface area contributed by atoms with Gasteiger partial charge in [-0.3, -0.25) is 0 Å². The van der Waals surface area contributed by atoms with Gasteiger partial charge in [-0.1, -0.05) is 32.4 Å². The Morgan fingerprint density at radius 1 is 1.38 bits per heavy atom. The lowest BCUT2D eigenvalue weighted by Gasteiger charge is -2.38. The van der Waals surface area contributed by atoms with Gasteiger partial charge < -0.3 is 0 Å². The number of fused-ring (bicyclic) bond motifs is 2. The summed E-state index contributed by atoms with van der Waals surface area (Å²) in [4.78, 5) is 0. The molecule has 0 saturated heterocycles. The highest BCUT2D eigenvalue weighted by atomic mass is 127. The average molecular weight is 292 g/mol. The number of hydrogen-bond donors (Lipinski definition) is 0. The van der Waals surface area contributed by atoms with Gasteiger partial charge in [0, 0.05) is 0 Å². The Labute approximate surface area is 99.2 Å². The number of hydrogen-bond acceptors (Lipinski definition) is 0. The lowest BCUT2D eigenvalue weighted by molar-refractivity contribution is 0.157. The van der Waals surface area contributed by atoms with Gasteiger partial charge in [0.2, 0.25) is 0 Å². The monoisotopic (exact) mass is 292 g/mol. The molecule has 0 spiro atoms. The van der Waals surface area contributed by atoms with Crippen LogP contribution in [0, 0.1) is 16.7 Å². The van der Waals surface area contributed by atoms with Crippen molar-refractivity contribution in [1.82, 2.24) is 0 Å². The summed E-state index contributed by atoms with van der Waals surface area (Å²) < 4.78 is 0. The Morgan fingerprint density at radius 3 is 2.23 bits per heavy atom. The highest BCUT2D eigenvalue weighted by Crippen LogP contribution is 2.60. The summed E-state index contributed by atoms with van der Waals surface area (Å²) in [7, 11) is 0. The van der Waals surface area contributed by atoms with Crippen molar-refractivity contribution >= 4 is 24.0 Å². The van der Waals surface area contributed by atoms with Crippen molar-refractivity contribution in [3.8, 4) is 0 Å². The van der Waals surface area contributed by atoms with Crippen LogP contribution in [0.15, 0.2) is 11.6 Å². The van der Waals surface area contributed by atoms with Gasteiger partial charge in [-0.15, -0.1) is 24.0 Å². The molecule has 2 rings (SSSR count). The minimum Gasteiger partial charge on any atom is -0.107 e. The Hall–Kier alpha value is 0.470. The molecule has 0 heterocycles. The van der Waals surface area contributed by atoms with Crippen molar-refractivity contribution in [2.75, 3.05) is 0 Å². The van der Waals surface area contributed by atoms with Crippen molar-refractivity contribution in [1.29, 1.82) is 0 Å². The molecule has 1 saturated carbocycles. The first-order valence-electron chi connectivity index (χ1n) is 5.14. The van der Waals surface area contributed by atoms with Crippen LogP contribution in [0.2, 0.25) is 0 Å². The van der Waals surface area contributed by atoms with Crippen LogP contribution in [0.4, 0.5) is 0 Å². The molecule has 0 aliphatic heterocycles. The van der Waals surface area contributed by atoms with Crippen molar-refractivity contribution < 1.29 is 0 Å². The summed E-state index contributed by atoms with van der Waals surface area (Å²) in [5, 5.41) is 0. The van der Waals surface area contributed by atoms with Crippen molar-refractivity contribution in [3.05, 3.63) is 11.6 Å². The molecule has 2 atom stereocenters. The second-order valence-electron chi connectivity index (χ2n) is 5.73. The summed E-state index contributed by atoms with van der Waals surface area (Å²) in [6.07, 6.45) is 6.88. The molecule has 2 aliphatic rings. The predicted molar refractivity (Wildman–Crippen MR) is 68.4 cm³/mol. The van der Waals surface area contributed by atoms with E-state index in [-0.39, 0.29) is 24.0 Å². The fourth-order valence-corrected chi connectivity index (χ4v) is 3.05. The van der Waals surface area contributed by atoms with E-state index >= 15 is 0 Å². The van der Waals surface area contributed by atoms with E-state index in [0.717, 1.165) is 5.92 Å². The minimum absolute atomic E-state index is 0. The van der Waals surface area contributed by atoms with Gasteiger partial charge in [0.1, 0.15) is 0 Å². The molecule has 1 fully saturated rings. The molecule has 0 aromatic heterocycles. The third-order valence-corrected chi connectivity index (χ3v) is 4.19. The SMILES string of the molecule is CC1=CC2(C(C)(C)C)CCC1C2.I. The lowest BCUT2D eigenvalue weighted by atomic mass is 9.66. The van der Waals surface area contributed by atoms with E-state index in [2.05, 4.69) is 33.8 Å². The summed E-state index contributed by atoms with van der Waals surface area (Å²) in [5.41, 5.74) is 2.69. The lowest BCUT2D eigenvalue weighted by Crippen LogP contribution is -2.29. The van der Waals surface area contributed by atoms with E-state index in [9.17, 15) is 0 Å². The highest BCUT2D eigenvalue weighted by molar-refractivity contribution is 14.0. The normalized spacial score (nSPS) is 37.2. The number of halogens is 1. The Balaban J connectivity index is 0.000000845. The molecular weight excluding hydrogens is 271 g/mol. The third kappa shape index (κ3) is 1.57. The van der Waals surface area contributed by atoms with Gasteiger partial charge in [-0.05, 0) is 42.9 Å². The highest BCUT2D eigenvalue weighted by Gasteiger charge is 2.49. The zero-order chi connectivity index (χ0) is 8.98. The maximum absolute atomic E-state index is 2.57. The third-order valence-electron chi connectivity index (χ3n) is 4.19. The van der Waals surface area contributed by atoms with E-state index in [1.807, 2.05) is 0 Å². The minimum atomic E-state index is 0. The first-order valence-corrected chi connectivity index (χ1v) is 5.14. The first-order chi connectivity index (χ1) is 5.45. The quantitative estimate of drug-likeness (QED) is 0.458. The summed E-state index contributed by atoms with van der Waals surface area (Å²) in [6.45, 7) is 9.50. The molecule has 2 unspecified atom stereocenters. The van der Waals surface area contributed by atoms with E-state index in [4.69, 9.17) is 0 Å². The summed E-state index contributed by atoms with van der Waals surface area (Å²) in [6, 6.07) is 0. The Morgan fingerprint density at radius 2 is 2.00 bits per heavy atom. The Kier molecular flexibility index (Phi) is 2.89. The molecular formula is C12H21I. The topological polar surface area (TPSA) is 0 Å². The van der Waals surface area contributed by atoms with Gasteiger partial charge in [0.15, 0.2) is 0 Å². The van der Waals surface area contributed by atoms with Gasteiger partial charge in [-0.2, -0.15) is 0 Å². The molecule has 0 amide bonds. The number of allylic oxidation sites excluding steroid dienone is 2. The van der Waals surface area contributed by atoms with E-state index < -0.39 is 0 Å². The van der Waals surface area contributed by atoms with Gasteiger partial charge in [-0.25, -0.2) is 0 Å². The molecule has 2 bridgehead atoms. The molecule has 13 heavy (non-hydrogen) atoms. The van der Waals surface area contributed by atoms with Crippen LogP contribution in [0.25, 0.3) is 0 Å². The maximum Gasteiger partial charge on any atom is -0.00612 e. The van der Waals surface area contributed by atoms with Crippen LogP contribution < -0.4 is 0 Å². The van der Waals surface area contributed by atoms with Crippen LogP contribution in [-0.4, -0.2) is 0 Å².